The number of hydrogen-bond acceptors (Lipinski definition) is 4. The molecule has 0 radical (unpaired) electrons. The molecule has 1 aromatic carbocycles. The first-order valence-electron chi connectivity index (χ1n) is 5.19. The Hall–Kier alpha value is -2.08. The predicted octanol–water partition coefficient (Wildman–Crippen LogP) is 0.257. The van der Waals surface area contributed by atoms with Crippen LogP contribution in [-0.2, 0) is 4.79 Å². The minimum absolute atomic E-state index is 0.131. The maximum absolute atomic E-state index is 11.2. The molecule has 0 bridgehead atoms. The van der Waals surface area contributed by atoms with E-state index in [0.29, 0.717) is 11.1 Å². The van der Waals surface area contributed by atoms with E-state index in [1.165, 1.54) is 0 Å². The molecule has 0 saturated heterocycles. The lowest BCUT2D eigenvalue weighted by Crippen LogP contribution is -2.24. The summed E-state index contributed by atoms with van der Waals surface area (Å²) in [6.07, 6.45) is 0.191. The van der Waals surface area contributed by atoms with Crippen molar-refractivity contribution in [2.24, 2.45) is 5.73 Å². The van der Waals surface area contributed by atoms with Crippen molar-refractivity contribution in [2.75, 3.05) is 7.05 Å². The summed E-state index contributed by atoms with van der Waals surface area (Å²) in [5.41, 5.74) is 7.69. The van der Waals surface area contributed by atoms with Gasteiger partial charge < -0.3 is 15.5 Å². The highest BCUT2D eigenvalue weighted by molar-refractivity contribution is 5.77. The van der Waals surface area contributed by atoms with Gasteiger partial charge in [0.05, 0.1) is 5.52 Å². The van der Waals surface area contributed by atoms with E-state index >= 15 is 0 Å². The van der Waals surface area contributed by atoms with Crippen molar-refractivity contribution >= 4 is 17.0 Å². The largest absolute Gasteiger partial charge is 0.417 e. The molecule has 2 rings (SSSR count). The number of rotatable bonds is 3. The van der Waals surface area contributed by atoms with Crippen LogP contribution < -0.4 is 16.8 Å². The fourth-order valence-electron chi connectivity index (χ4n) is 1.61. The number of oxazole rings is 1. The summed E-state index contributed by atoms with van der Waals surface area (Å²) in [5.74, 6) is -0.634. The fraction of sp³-hybridized carbons (Fsp3) is 0.273. The Kier molecular flexibility index (Phi) is 2.97. The van der Waals surface area contributed by atoms with Gasteiger partial charge >= 0.3 is 5.76 Å². The molecule has 1 atom stereocenters. The summed E-state index contributed by atoms with van der Waals surface area (Å²) in [4.78, 5) is 24.7. The molecule has 1 amide bonds. The second-order valence-electron chi connectivity index (χ2n) is 3.75. The van der Waals surface area contributed by atoms with Gasteiger partial charge in [-0.1, -0.05) is 6.07 Å². The second kappa shape index (κ2) is 4.42. The summed E-state index contributed by atoms with van der Waals surface area (Å²) in [6.45, 7) is 0. The van der Waals surface area contributed by atoms with Crippen molar-refractivity contribution < 1.29 is 9.21 Å². The zero-order valence-corrected chi connectivity index (χ0v) is 9.32. The van der Waals surface area contributed by atoms with E-state index in [4.69, 9.17) is 10.2 Å². The highest BCUT2D eigenvalue weighted by Crippen LogP contribution is 2.19. The van der Waals surface area contributed by atoms with Crippen molar-refractivity contribution in [1.82, 2.24) is 10.3 Å². The predicted molar refractivity (Wildman–Crippen MR) is 62.4 cm³/mol. The second-order valence-corrected chi connectivity index (χ2v) is 3.75. The molecular weight excluding hydrogens is 222 g/mol. The van der Waals surface area contributed by atoms with Crippen LogP contribution in [0.1, 0.15) is 18.0 Å². The zero-order valence-electron chi connectivity index (χ0n) is 9.32. The van der Waals surface area contributed by atoms with Crippen LogP contribution in [0.2, 0.25) is 0 Å². The number of hydrogen-bond donors (Lipinski definition) is 3. The molecule has 6 nitrogen and oxygen atoms in total. The molecule has 6 heteroatoms. The lowest BCUT2D eigenvalue weighted by molar-refractivity contribution is -0.120. The quantitative estimate of drug-likeness (QED) is 0.710. The number of aromatic amines is 1. The summed E-state index contributed by atoms with van der Waals surface area (Å²) >= 11 is 0. The van der Waals surface area contributed by atoms with Crippen molar-refractivity contribution in [2.45, 2.75) is 12.5 Å². The Bertz CT molecular complexity index is 599. The minimum Gasteiger partial charge on any atom is -0.408 e. The smallest absolute Gasteiger partial charge is 0.408 e. The molecule has 0 spiro atoms. The first-order valence-corrected chi connectivity index (χ1v) is 5.19. The first kappa shape index (κ1) is 11.4. The van der Waals surface area contributed by atoms with Gasteiger partial charge in [-0.3, -0.25) is 9.78 Å². The van der Waals surface area contributed by atoms with Crippen LogP contribution in [-0.4, -0.2) is 17.9 Å². The molecule has 90 valence electrons. The highest BCUT2D eigenvalue weighted by atomic mass is 16.4. The molecule has 0 fully saturated rings. The van der Waals surface area contributed by atoms with Gasteiger partial charge in [0.2, 0.25) is 5.91 Å². The Morgan fingerprint density at radius 3 is 3.06 bits per heavy atom. The average molecular weight is 235 g/mol. The minimum atomic E-state index is -0.503. The number of benzene rings is 1. The van der Waals surface area contributed by atoms with Crippen LogP contribution in [0.5, 0.6) is 0 Å². The first-order chi connectivity index (χ1) is 8.10. The van der Waals surface area contributed by atoms with Crippen LogP contribution >= 0.6 is 0 Å². The van der Waals surface area contributed by atoms with Crippen LogP contribution in [0.3, 0.4) is 0 Å². The SMILES string of the molecule is CNC(=O)CC(N)c1ccc2[nH]c(=O)oc2c1. The lowest BCUT2D eigenvalue weighted by Gasteiger charge is -2.10. The number of amides is 1. The van der Waals surface area contributed by atoms with Gasteiger partial charge in [0.1, 0.15) is 0 Å². The molecule has 2 aromatic rings. The number of nitrogens with one attached hydrogen (secondary N) is 2. The van der Waals surface area contributed by atoms with Crippen molar-refractivity contribution in [3.63, 3.8) is 0 Å². The number of fused-ring (bicyclic) bond motifs is 1. The molecule has 17 heavy (non-hydrogen) atoms. The maximum Gasteiger partial charge on any atom is 0.417 e. The summed E-state index contributed by atoms with van der Waals surface area (Å²) in [7, 11) is 1.56. The van der Waals surface area contributed by atoms with E-state index in [-0.39, 0.29) is 12.3 Å². The average Bonchev–Trinajstić information content (AvgIpc) is 2.67. The summed E-state index contributed by atoms with van der Waals surface area (Å²) in [5, 5.41) is 2.51. The highest BCUT2D eigenvalue weighted by Gasteiger charge is 2.12. The molecule has 0 aliphatic rings. The Labute approximate surface area is 96.8 Å². The Balaban J connectivity index is 2.29. The molecule has 0 aliphatic heterocycles. The normalized spacial score (nSPS) is 12.6. The van der Waals surface area contributed by atoms with Crippen LogP contribution in [0.4, 0.5) is 0 Å². The number of carbonyl (C=O) groups excluding carboxylic acids is 1. The number of aromatic nitrogens is 1. The lowest BCUT2D eigenvalue weighted by atomic mass is 10.0. The van der Waals surface area contributed by atoms with Gasteiger partial charge in [0, 0.05) is 19.5 Å². The third kappa shape index (κ3) is 2.36. The third-order valence-electron chi connectivity index (χ3n) is 2.56. The van der Waals surface area contributed by atoms with Gasteiger partial charge in [0.25, 0.3) is 0 Å². The molecule has 0 saturated carbocycles. The zero-order chi connectivity index (χ0) is 12.4. The van der Waals surface area contributed by atoms with Gasteiger partial charge in [-0.15, -0.1) is 0 Å². The van der Waals surface area contributed by atoms with Crippen LogP contribution in [0.15, 0.2) is 27.4 Å². The van der Waals surface area contributed by atoms with Gasteiger partial charge in [-0.2, -0.15) is 0 Å². The van der Waals surface area contributed by atoms with Crippen molar-refractivity contribution in [3.8, 4) is 0 Å². The Morgan fingerprint density at radius 2 is 2.35 bits per heavy atom. The molecule has 4 N–H and O–H groups in total. The van der Waals surface area contributed by atoms with Crippen molar-refractivity contribution in [1.29, 1.82) is 0 Å². The van der Waals surface area contributed by atoms with Gasteiger partial charge in [-0.05, 0) is 17.7 Å². The van der Waals surface area contributed by atoms with E-state index in [9.17, 15) is 9.59 Å². The van der Waals surface area contributed by atoms with Gasteiger partial charge in [0.15, 0.2) is 5.58 Å². The van der Waals surface area contributed by atoms with Crippen molar-refractivity contribution in [3.05, 3.63) is 34.3 Å². The number of H-pyrrole nitrogens is 1. The standard InChI is InChI=1S/C11H13N3O3/c1-13-10(15)5-7(12)6-2-3-8-9(4-6)17-11(16)14-8/h2-4,7H,5,12H2,1H3,(H,13,15)(H,14,16). The summed E-state index contributed by atoms with van der Waals surface area (Å²) < 4.78 is 4.92. The molecule has 1 aromatic heterocycles. The Morgan fingerprint density at radius 1 is 1.59 bits per heavy atom. The van der Waals surface area contributed by atoms with E-state index in [1.807, 2.05) is 0 Å². The summed E-state index contributed by atoms with van der Waals surface area (Å²) in [6, 6.07) is 4.72. The van der Waals surface area contributed by atoms with E-state index in [0.717, 1.165) is 5.56 Å². The third-order valence-corrected chi connectivity index (χ3v) is 2.56. The number of carbonyl (C=O) groups is 1. The number of nitrogens with two attached hydrogens (primary N) is 1. The fourth-order valence-corrected chi connectivity index (χ4v) is 1.61. The van der Waals surface area contributed by atoms with E-state index in [1.54, 1.807) is 25.2 Å². The van der Waals surface area contributed by atoms with Gasteiger partial charge in [-0.25, -0.2) is 4.79 Å². The molecule has 1 unspecified atom stereocenters. The monoisotopic (exact) mass is 235 g/mol. The van der Waals surface area contributed by atoms with Crippen LogP contribution in [0, 0.1) is 0 Å². The van der Waals surface area contributed by atoms with Crippen LogP contribution in [0.25, 0.3) is 11.1 Å². The maximum atomic E-state index is 11.2. The van der Waals surface area contributed by atoms with E-state index < -0.39 is 11.8 Å². The molecule has 0 aliphatic carbocycles. The molecule has 1 heterocycles. The molecular formula is C11H13N3O3. The van der Waals surface area contributed by atoms with E-state index in [2.05, 4.69) is 10.3 Å². The topological polar surface area (TPSA) is 101 Å².